The second kappa shape index (κ2) is 11.0. The Morgan fingerprint density at radius 3 is 2.50 bits per heavy atom. The fraction of sp³-hybridized carbons (Fsp3) is 0.562. The predicted octanol–water partition coefficient (Wildman–Crippen LogP) is 0.999. The molecule has 0 aromatic heterocycles. The van der Waals surface area contributed by atoms with E-state index in [1.807, 2.05) is 0 Å². The number of rotatable bonds is 8. The smallest absolute Gasteiger partial charge is 0.239 e. The van der Waals surface area contributed by atoms with Crippen LogP contribution in [0.3, 0.4) is 0 Å². The van der Waals surface area contributed by atoms with Crippen LogP contribution in [-0.2, 0) is 9.53 Å². The second-order valence-corrected chi connectivity index (χ2v) is 5.12. The number of hydrogen-bond acceptors (Lipinski definition) is 6. The van der Waals surface area contributed by atoms with Gasteiger partial charge in [0.05, 0.1) is 34.0 Å². The van der Waals surface area contributed by atoms with Gasteiger partial charge in [-0.15, -0.1) is 12.4 Å². The highest BCUT2D eigenvalue weighted by Crippen LogP contribution is 2.27. The van der Waals surface area contributed by atoms with Crippen molar-refractivity contribution in [3.05, 3.63) is 18.2 Å². The molecule has 0 bridgehead atoms. The molecule has 7 nitrogen and oxygen atoms in total. The summed E-state index contributed by atoms with van der Waals surface area (Å²) in [4.78, 5) is 11.9. The first kappa shape index (κ1) is 20.3. The van der Waals surface area contributed by atoms with E-state index in [0.29, 0.717) is 56.6 Å². The standard InChI is InChI=1S/C16H24N2O5.ClH/c1-20-12-8-13(21-2)10-14(9-12)23-6-3-4-18-16(19)15-11-22-7-5-17-15;/h8-10,15,17H,3-7,11H2,1-2H3,(H,18,19);1H. The highest BCUT2D eigenvalue weighted by Gasteiger charge is 2.20. The van der Waals surface area contributed by atoms with Gasteiger partial charge in [-0.05, 0) is 6.42 Å². The maximum absolute atomic E-state index is 11.9. The van der Waals surface area contributed by atoms with Crippen LogP contribution in [0.15, 0.2) is 18.2 Å². The van der Waals surface area contributed by atoms with Gasteiger partial charge >= 0.3 is 0 Å². The van der Waals surface area contributed by atoms with Gasteiger partial charge in [0.25, 0.3) is 0 Å². The first-order chi connectivity index (χ1) is 11.2. The molecule has 1 aromatic rings. The van der Waals surface area contributed by atoms with Gasteiger partial charge in [0.1, 0.15) is 23.3 Å². The number of morpholine rings is 1. The van der Waals surface area contributed by atoms with Crippen molar-refractivity contribution in [3.63, 3.8) is 0 Å². The summed E-state index contributed by atoms with van der Waals surface area (Å²) in [7, 11) is 3.19. The van der Waals surface area contributed by atoms with Crippen molar-refractivity contribution in [2.45, 2.75) is 12.5 Å². The first-order valence-electron chi connectivity index (χ1n) is 7.67. The minimum atomic E-state index is -0.257. The molecule has 0 radical (unpaired) electrons. The summed E-state index contributed by atoms with van der Waals surface area (Å²) >= 11 is 0. The number of carbonyl (C=O) groups excluding carboxylic acids is 1. The Morgan fingerprint density at radius 2 is 1.92 bits per heavy atom. The van der Waals surface area contributed by atoms with Crippen LogP contribution < -0.4 is 24.8 Å². The molecule has 1 atom stereocenters. The molecular weight excluding hydrogens is 336 g/mol. The van der Waals surface area contributed by atoms with Crippen LogP contribution in [0.5, 0.6) is 17.2 Å². The fourth-order valence-corrected chi connectivity index (χ4v) is 2.20. The van der Waals surface area contributed by atoms with Gasteiger partial charge in [-0.3, -0.25) is 4.79 Å². The third-order valence-electron chi connectivity index (χ3n) is 3.45. The Balaban J connectivity index is 0.00000288. The summed E-state index contributed by atoms with van der Waals surface area (Å²) in [6.07, 6.45) is 0.707. The van der Waals surface area contributed by atoms with E-state index in [9.17, 15) is 4.79 Å². The van der Waals surface area contributed by atoms with Crippen molar-refractivity contribution in [2.75, 3.05) is 47.1 Å². The number of halogens is 1. The lowest BCUT2D eigenvalue weighted by Gasteiger charge is -2.22. The Morgan fingerprint density at radius 1 is 1.25 bits per heavy atom. The first-order valence-corrected chi connectivity index (χ1v) is 7.67. The molecule has 1 unspecified atom stereocenters. The average molecular weight is 361 g/mol. The maximum Gasteiger partial charge on any atom is 0.239 e. The number of hydrogen-bond donors (Lipinski definition) is 2. The maximum atomic E-state index is 11.9. The summed E-state index contributed by atoms with van der Waals surface area (Å²) < 4.78 is 21.3. The van der Waals surface area contributed by atoms with Gasteiger partial charge in [0.2, 0.25) is 5.91 Å². The molecule has 1 amide bonds. The van der Waals surface area contributed by atoms with Gasteiger partial charge in [-0.1, -0.05) is 0 Å². The number of amides is 1. The van der Waals surface area contributed by atoms with Crippen LogP contribution in [0.1, 0.15) is 6.42 Å². The summed E-state index contributed by atoms with van der Waals surface area (Å²) in [6, 6.07) is 5.12. The van der Waals surface area contributed by atoms with Gasteiger partial charge in [0, 0.05) is 31.3 Å². The lowest BCUT2D eigenvalue weighted by atomic mass is 10.2. The minimum Gasteiger partial charge on any atom is -0.496 e. The van der Waals surface area contributed by atoms with Gasteiger partial charge in [-0.2, -0.15) is 0 Å². The number of methoxy groups -OCH3 is 2. The van der Waals surface area contributed by atoms with E-state index in [1.54, 1.807) is 32.4 Å². The van der Waals surface area contributed by atoms with E-state index >= 15 is 0 Å². The zero-order chi connectivity index (χ0) is 16.5. The molecule has 1 aliphatic rings. The highest BCUT2D eigenvalue weighted by molar-refractivity contribution is 5.85. The van der Waals surface area contributed by atoms with Crippen LogP contribution in [0.4, 0.5) is 0 Å². The molecule has 24 heavy (non-hydrogen) atoms. The van der Waals surface area contributed by atoms with E-state index in [-0.39, 0.29) is 24.4 Å². The Hall–Kier alpha value is -1.70. The quantitative estimate of drug-likeness (QED) is 0.673. The molecule has 1 fully saturated rings. The molecule has 2 N–H and O–H groups in total. The Kier molecular flexibility index (Phi) is 9.29. The molecular formula is C16H25ClN2O5. The lowest BCUT2D eigenvalue weighted by molar-refractivity contribution is -0.125. The van der Waals surface area contributed by atoms with E-state index < -0.39 is 0 Å². The predicted molar refractivity (Wildman–Crippen MR) is 92.5 cm³/mol. The zero-order valence-corrected chi connectivity index (χ0v) is 14.8. The Bertz CT molecular complexity index is 487. The summed E-state index contributed by atoms with van der Waals surface area (Å²) in [5, 5.41) is 5.99. The molecule has 8 heteroatoms. The van der Waals surface area contributed by atoms with Crippen molar-refractivity contribution >= 4 is 18.3 Å². The fourth-order valence-electron chi connectivity index (χ4n) is 2.20. The number of nitrogens with one attached hydrogen (secondary N) is 2. The van der Waals surface area contributed by atoms with Crippen molar-refractivity contribution in [3.8, 4) is 17.2 Å². The van der Waals surface area contributed by atoms with Crippen LogP contribution >= 0.6 is 12.4 Å². The van der Waals surface area contributed by atoms with Crippen molar-refractivity contribution in [2.24, 2.45) is 0 Å². The van der Waals surface area contributed by atoms with Crippen molar-refractivity contribution in [1.82, 2.24) is 10.6 Å². The van der Waals surface area contributed by atoms with Crippen molar-refractivity contribution in [1.29, 1.82) is 0 Å². The van der Waals surface area contributed by atoms with Crippen LogP contribution in [0.2, 0.25) is 0 Å². The van der Waals surface area contributed by atoms with Gasteiger partial charge in [-0.25, -0.2) is 0 Å². The molecule has 2 rings (SSSR count). The molecule has 0 saturated carbocycles. The molecule has 1 aliphatic heterocycles. The summed E-state index contributed by atoms with van der Waals surface area (Å²) in [5.41, 5.74) is 0. The lowest BCUT2D eigenvalue weighted by Crippen LogP contribution is -2.51. The zero-order valence-electron chi connectivity index (χ0n) is 14.0. The van der Waals surface area contributed by atoms with E-state index in [1.165, 1.54) is 0 Å². The number of ether oxygens (including phenoxy) is 4. The third-order valence-corrected chi connectivity index (χ3v) is 3.45. The van der Waals surface area contributed by atoms with Gasteiger partial charge < -0.3 is 29.6 Å². The topological polar surface area (TPSA) is 78.0 Å². The second-order valence-electron chi connectivity index (χ2n) is 5.12. The molecule has 1 heterocycles. The Labute approximate surface area is 148 Å². The van der Waals surface area contributed by atoms with E-state index in [0.717, 1.165) is 0 Å². The molecule has 0 spiro atoms. The summed E-state index contributed by atoms with van der Waals surface area (Å²) in [6.45, 7) is 2.83. The molecule has 0 aliphatic carbocycles. The molecule has 1 aromatic carbocycles. The number of benzene rings is 1. The normalized spacial score (nSPS) is 16.7. The van der Waals surface area contributed by atoms with Crippen LogP contribution in [0, 0.1) is 0 Å². The monoisotopic (exact) mass is 360 g/mol. The molecule has 136 valence electrons. The third kappa shape index (κ3) is 6.43. The van der Waals surface area contributed by atoms with Gasteiger partial charge in [0.15, 0.2) is 0 Å². The highest BCUT2D eigenvalue weighted by atomic mass is 35.5. The minimum absolute atomic E-state index is 0. The van der Waals surface area contributed by atoms with Crippen molar-refractivity contribution < 1.29 is 23.7 Å². The largest absolute Gasteiger partial charge is 0.496 e. The average Bonchev–Trinajstić information content (AvgIpc) is 2.61. The number of carbonyl (C=O) groups is 1. The van der Waals surface area contributed by atoms with Crippen LogP contribution in [0.25, 0.3) is 0 Å². The SMILES string of the molecule is COc1cc(OC)cc(OCCCNC(=O)C2COCCN2)c1.Cl. The molecule has 1 saturated heterocycles. The summed E-state index contributed by atoms with van der Waals surface area (Å²) in [5.74, 6) is 2.00. The van der Waals surface area contributed by atoms with E-state index in [2.05, 4.69) is 10.6 Å². The van der Waals surface area contributed by atoms with E-state index in [4.69, 9.17) is 18.9 Å². The van der Waals surface area contributed by atoms with Crippen LogP contribution in [-0.4, -0.2) is 59.1 Å².